The van der Waals surface area contributed by atoms with E-state index in [9.17, 15) is 31.1 Å². The lowest BCUT2D eigenvalue weighted by atomic mass is 10.0. The zero-order valence-electron chi connectivity index (χ0n) is 17.7. The van der Waals surface area contributed by atoms with E-state index in [-0.39, 0.29) is 28.7 Å². The average Bonchev–Trinajstić information content (AvgIpc) is 3.37. The third-order valence-electron chi connectivity index (χ3n) is 4.63. The Morgan fingerprint density at radius 3 is 2.20 bits per heavy atom. The average molecular weight is 517 g/mol. The largest absolute Gasteiger partial charge is 0.467 e. The molecule has 35 heavy (non-hydrogen) atoms. The van der Waals surface area contributed by atoms with Crippen molar-refractivity contribution in [2.24, 2.45) is 7.05 Å². The number of aromatic nitrogens is 5. The third-order valence-corrected chi connectivity index (χ3v) is 5.23. The summed E-state index contributed by atoms with van der Waals surface area (Å²) in [6.45, 7) is 0. The molecule has 0 bridgehead atoms. The van der Waals surface area contributed by atoms with E-state index in [1.54, 1.807) is 12.1 Å². The number of para-hydroxylation sites is 2. The Morgan fingerprint density at radius 2 is 1.60 bits per heavy atom. The fourth-order valence-electron chi connectivity index (χ4n) is 3.06. The van der Waals surface area contributed by atoms with Crippen LogP contribution in [0.5, 0.6) is 17.0 Å². The predicted molar refractivity (Wildman–Crippen MR) is 111 cm³/mol. The maximum absolute atomic E-state index is 13.2. The molecule has 15 heteroatoms. The quantitative estimate of drug-likeness (QED) is 0.349. The number of aryl methyl sites for hydroxylation is 1. The van der Waals surface area contributed by atoms with E-state index in [0.29, 0.717) is 23.7 Å². The summed E-state index contributed by atoms with van der Waals surface area (Å²) in [6.07, 6.45) is -10.0. The molecular formula is C20H13F6N5O3S. The minimum Gasteiger partial charge on any atom is -0.467 e. The Balaban J connectivity index is 1.73. The Kier molecular flexibility index (Phi) is 6.04. The Labute approximate surface area is 196 Å². The second-order valence-corrected chi connectivity index (χ2v) is 7.69. The summed E-state index contributed by atoms with van der Waals surface area (Å²) >= 11 is 0.604. The van der Waals surface area contributed by atoms with Crippen molar-refractivity contribution in [1.82, 2.24) is 23.7 Å². The van der Waals surface area contributed by atoms with Crippen LogP contribution in [0.2, 0.25) is 0 Å². The van der Waals surface area contributed by atoms with Gasteiger partial charge in [-0.1, -0.05) is 12.1 Å². The zero-order chi connectivity index (χ0) is 25.5. The summed E-state index contributed by atoms with van der Waals surface area (Å²) in [5.74, 6) is -0.307. The monoisotopic (exact) mass is 517 g/mol. The lowest BCUT2D eigenvalue weighted by molar-refractivity contribution is -0.143. The Hall–Kier alpha value is -3.88. The van der Waals surface area contributed by atoms with Crippen LogP contribution in [-0.4, -0.2) is 30.8 Å². The molecule has 2 aromatic carbocycles. The van der Waals surface area contributed by atoms with Crippen LogP contribution >= 0.6 is 11.5 Å². The van der Waals surface area contributed by atoms with E-state index in [4.69, 9.17) is 9.47 Å². The summed E-state index contributed by atoms with van der Waals surface area (Å²) < 4.78 is 95.8. The van der Waals surface area contributed by atoms with Crippen LogP contribution in [0.3, 0.4) is 0 Å². The topological polar surface area (TPSA) is 84.1 Å². The molecule has 0 amide bonds. The molecule has 0 aliphatic carbocycles. The highest BCUT2D eigenvalue weighted by Crippen LogP contribution is 2.39. The highest BCUT2D eigenvalue weighted by atomic mass is 32.1. The van der Waals surface area contributed by atoms with Crippen molar-refractivity contribution < 1.29 is 35.8 Å². The molecule has 0 unspecified atom stereocenters. The van der Waals surface area contributed by atoms with Gasteiger partial charge in [-0.05, 0) is 30.3 Å². The van der Waals surface area contributed by atoms with Crippen molar-refractivity contribution in [3.63, 3.8) is 0 Å². The predicted octanol–water partition coefficient (Wildman–Crippen LogP) is 4.93. The van der Waals surface area contributed by atoms with E-state index in [1.165, 1.54) is 26.3 Å². The number of nitrogens with zero attached hydrogens (tertiary/aromatic N) is 5. The molecule has 8 nitrogen and oxygen atoms in total. The summed E-state index contributed by atoms with van der Waals surface area (Å²) in [7, 11) is 2.72. The van der Waals surface area contributed by atoms with Gasteiger partial charge < -0.3 is 9.47 Å². The van der Waals surface area contributed by atoms with Gasteiger partial charge in [-0.25, -0.2) is 14.0 Å². The molecule has 0 saturated heterocycles. The fraction of sp³-hybridized carbons (Fsp3) is 0.200. The van der Waals surface area contributed by atoms with E-state index >= 15 is 0 Å². The summed E-state index contributed by atoms with van der Waals surface area (Å²) in [6, 6.07) is 7.19. The van der Waals surface area contributed by atoms with Gasteiger partial charge in [-0.2, -0.15) is 35.7 Å². The first-order valence-corrected chi connectivity index (χ1v) is 10.3. The molecule has 0 N–H and O–H groups in total. The van der Waals surface area contributed by atoms with Gasteiger partial charge in [0, 0.05) is 24.1 Å². The molecular weight excluding hydrogens is 504 g/mol. The highest BCUT2D eigenvalue weighted by Gasteiger charge is 2.37. The molecule has 4 aromatic rings. The molecule has 2 aromatic heterocycles. The lowest BCUT2D eigenvalue weighted by Gasteiger charge is -2.13. The van der Waals surface area contributed by atoms with Crippen molar-refractivity contribution in [2.75, 3.05) is 7.11 Å². The molecule has 2 heterocycles. The maximum atomic E-state index is 13.2. The molecule has 0 spiro atoms. The van der Waals surface area contributed by atoms with Crippen molar-refractivity contribution in [1.29, 1.82) is 0 Å². The van der Waals surface area contributed by atoms with Crippen molar-refractivity contribution in [3.05, 3.63) is 64.1 Å². The summed E-state index contributed by atoms with van der Waals surface area (Å²) in [5, 5.41) is 3.75. The fourth-order valence-corrected chi connectivity index (χ4v) is 3.62. The summed E-state index contributed by atoms with van der Waals surface area (Å²) in [5.41, 5.74) is -3.82. The van der Waals surface area contributed by atoms with Crippen LogP contribution < -0.4 is 15.2 Å². The van der Waals surface area contributed by atoms with Crippen molar-refractivity contribution in [3.8, 4) is 34.0 Å². The molecule has 0 fully saturated rings. The van der Waals surface area contributed by atoms with Gasteiger partial charge in [-0.3, -0.25) is 0 Å². The lowest BCUT2D eigenvalue weighted by Crippen LogP contribution is -2.22. The maximum Gasteiger partial charge on any atom is 0.416 e. The first-order valence-electron chi connectivity index (χ1n) is 9.49. The second kappa shape index (κ2) is 8.72. The molecule has 4 rings (SSSR count). The number of hydrogen-bond acceptors (Lipinski definition) is 7. The van der Waals surface area contributed by atoms with E-state index in [0.717, 1.165) is 9.25 Å². The Morgan fingerprint density at radius 1 is 0.971 bits per heavy atom. The molecule has 0 aliphatic heterocycles. The second-order valence-electron chi connectivity index (χ2n) is 6.98. The molecule has 0 atom stereocenters. The van der Waals surface area contributed by atoms with Gasteiger partial charge in [0.1, 0.15) is 0 Å². The SMILES string of the molecule is COc1nn(C)c(=O)n1-c1ccccc1Oc1nc(-c2cc(C(F)(F)F)cc(C(F)(F)F)c2)ns1. The number of hydrogen-bond donors (Lipinski definition) is 0. The number of rotatable bonds is 5. The standard InChI is InChI=1S/C20H13F6N5O3S/c1-30-18(32)31(16(28-30)33-2)13-5-3-4-6-14(13)34-17-27-15(29-35-17)10-7-11(19(21,22)23)9-12(8-10)20(24,25)26/h3-9H,1-2H3. The molecule has 184 valence electrons. The number of ether oxygens (including phenoxy) is 2. The van der Waals surface area contributed by atoms with Gasteiger partial charge in [0.25, 0.3) is 5.19 Å². The number of alkyl halides is 6. The highest BCUT2D eigenvalue weighted by molar-refractivity contribution is 7.07. The van der Waals surface area contributed by atoms with E-state index < -0.39 is 40.6 Å². The minimum atomic E-state index is -5.01. The normalized spacial score (nSPS) is 12.1. The zero-order valence-corrected chi connectivity index (χ0v) is 18.5. The van der Waals surface area contributed by atoms with Crippen LogP contribution in [0.25, 0.3) is 17.1 Å². The van der Waals surface area contributed by atoms with Gasteiger partial charge in [0.05, 0.1) is 23.9 Å². The van der Waals surface area contributed by atoms with E-state index in [1.807, 2.05) is 0 Å². The number of halogens is 6. The van der Waals surface area contributed by atoms with E-state index in [2.05, 4.69) is 14.5 Å². The van der Waals surface area contributed by atoms with Crippen LogP contribution in [0.15, 0.2) is 47.3 Å². The first-order chi connectivity index (χ1) is 16.4. The summed E-state index contributed by atoms with van der Waals surface area (Å²) in [4.78, 5) is 16.4. The van der Waals surface area contributed by atoms with Crippen molar-refractivity contribution in [2.45, 2.75) is 12.4 Å². The molecule has 0 saturated carbocycles. The first kappa shape index (κ1) is 24.3. The molecule has 0 radical (unpaired) electrons. The molecule has 0 aliphatic rings. The van der Waals surface area contributed by atoms with Gasteiger partial charge >= 0.3 is 24.1 Å². The van der Waals surface area contributed by atoms with Crippen LogP contribution in [0.4, 0.5) is 26.3 Å². The van der Waals surface area contributed by atoms with Crippen LogP contribution in [0, 0.1) is 0 Å². The smallest absolute Gasteiger partial charge is 0.416 e. The van der Waals surface area contributed by atoms with Crippen LogP contribution in [-0.2, 0) is 19.4 Å². The van der Waals surface area contributed by atoms with Crippen LogP contribution in [0.1, 0.15) is 11.1 Å². The minimum absolute atomic E-state index is 0.0164. The van der Waals surface area contributed by atoms with Crippen molar-refractivity contribution >= 4 is 11.5 Å². The number of benzene rings is 2. The Bertz CT molecular complexity index is 1410. The van der Waals surface area contributed by atoms with Gasteiger partial charge in [-0.15, -0.1) is 5.10 Å². The van der Waals surface area contributed by atoms with Gasteiger partial charge in [0.2, 0.25) is 0 Å². The van der Waals surface area contributed by atoms with Gasteiger partial charge in [0.15, 0.2) is 11.6 Å². The number of methoxy groups -OCH3 is 1. The third kappa shape index (κ3) is 4.84.